The molecule has 0 spiro atoms. The van der Waals surface area contributed by atoms with Gasteiger partial charge in [-0.05, 0) is 52.5 Å². The Labute approximate surface area is 200 Å². The standard InChI is InChI=1S/C22H22BrClN4O3S/c23-19-15-27(14-17-6-4-5-9-20(17)24)26-21(19)25-22(29)16-10-12-28(13-11-16)32(30,31)18-7-2-1-3-8-18/h1-9,15-16H,10-14H2,(H,25,26,29). The van der Waals surface area contributed by atoms with E-state index in [1.54, 1.807) is 41.2 Å². The van der Waals surface area contributed by atoms with Crippen LogP contribution in [-0.2, 0) is 21.4 Å². The second-order valence-corrected chi connectivity index (χ2v) is 10.8. The molecule has 10 heteroatoms. The van der Waals surface area contributed by atoms with E-state index in [2.05, 4.69) is 26.3 Å². The average Bonchev–Trinajstić information content (AvgIpc) is 3.14. The first kappa shape index (κ1) is 23.0. The van der Waals surface area contributed by atoms with Crippen molar-refractivity contribution in [2.45, 2.75) is 24.3 Å². The number of nitrogens with zero attached hydrogens (tertiary/aromatic N) is 3. The van der Waals surface area contributed by atoms with Gasteiger partial charge < -0.3 is 5.32 Å². The Morgan fingerprint density at radius 3 is 2.44 bits per heavy atom. The van der Waals surface area contributed by atoms with E-state index in [0.717, 1.165) is 5.56 Å². The maximum Gasteiger partial charge on any atom is 0.243 e. The third-order valence-electron chi connectivity index (χ3n) is 5.45. The number of carbonyl (C=O) groups is 1. The molecule has 1 N–H and O–H groups in total. The average molecular weight is 538 g/mol. The largest absolute Gasteiger partial charge is 0.308 e. The first-order valence-electron chi connectivity index (χ1n) is 10.2. The van der Waals surface area contributed by atoms with Gasteiger partial charge in [0.25, 0.3) is 0 Å². The summed E-state index contributed by atoms with van der Waals surface area (Å²) in [6, 6.07) is 15.9. The summed E-state index contributed by atoms with van der Waals surface area (Å²) in [6.07, 6.45) is 2.69. The molecule has 1 saturated heterocycles. The second kappa shape index (κ2) is 9.74. The minimum Gasteiger partial charge on any atom is -0.308 e. The molecule has 0 radical (unpaired) electrons. The van der Waals surface area contributed by atoms with Gasteiger partial charge in [0.15, 0.2) is 5.82 Å². The molecule has 2 heterocycles. The smallest absolute Gasteiger partial charge is 0.243 e. The van der Waals surface area contributed by atoms with Gasteiger partial charge in [0, 0.05) is 30.2 Å². The van der Waals surface area contributed by atoms with Crippen molar-refractivity contribution < 1.29 is 13.2 Å². The van der Waals surface area contributed by atoms with Crippen LogP contribution >= 0.6 is 27.5 Å². The summed E-state index contributed by atoms with van der Waals surface area (Å²) in [5.41, 5.74) is 0.925. The van der Waals surface area contributed by atoms with Gasteiger partial charge in [-0.1, -0.05) is 48.0 Å². The number of amides is 1. The zero-order valence-electron chi connectivity index (χ0n) is 17.1. The number of carbonyl (C=O) groups excluding carboxylic acids is 1. The zero-order chi connectivity index (χ0) is 22.7. The summed E-state index contributed by atoms with van der Waals surface area (Å²) in [4.78, 5) is 13.1. The number of aromatic nitrogens is 2. The fourth-order valence-electron chi connectivity index (χ4n) is 3.68. The highest BCUT2D eigenvalue weighted by molar-refractivity contribution is 9.10. The minimum absolute atomic E-state index is 0.162. The number of piperidine rings is 1. The van der Waals surface area contributed by atoms with Crippen molar-refractivity contribution >= 4 is 49.3 Å². The summed E-state index contributed by atoms with van der Waals surface area (Å²) < 4.78 is 29.4. The molecule has 3 aromatic rings. The van der Waals surface area contributed by atoms with E-state index >= 15 is 0 Å². The third-order valence-corrected chi connectivity index (χ3v) is 8.32. The van der Waals surface area contributed by atoms with E-state index in [9.17, 15) is 13.2 Å². The van der Waals surface area contributed by atoms with Crippen molar-refractivity contribution in [2.75, 3.05) is 18.4 Å². The van der Waals surface area contributed by atoms with Gasteiger partial charge in [-0.3, -0.25) is 9.48 Å². The van der Waals surface area contributed by atoms with Gasteiger partial charge in [0.1, 0.15) is 0 Å². The van der Waals surface area contributed by atoms with E-state index in [0.29, 0.717) is 47.8 Å². The Balaban J connectivity index is 1.36. The van der Waals surface area contributed by atoms with Crippen LogP contribution < -0.4 is 5.32 Å². The fourth-order valence-corrected chi connectivity index (χ4v) is 5.78. The lowest BCUT2D eigenvalue weighted by atomic mass is 9.97. The Morgan fingerprint density at radius 2 is 1.75 bits per heavy atom. The highest BCUT2D eigenvalue weighted by Gasteiger charge is 2.32. The van der Waals surface area contributed by atoms with E-state index in [-0.39, 0.29) is 16.7 Å². The number of hydrogen-bond acceptors (Lipinski definition) is 4. The molecule has 0 aliphatic carbocycles. The lowest BCUT2D eigenvalue weighted by Crippen LogP contribution is -2.41. The van der Waals surface area contributed by atoms with Crippen molar-refractivity contribution in [3.63, 3.8) is 0 Å². The molecular weight excluding hydrogens is 516 g/mol. The third kappa shape index (κ3) is 5.06. The molecule has 4 rings (SSSR count). The first-order valence-corrected chi connectivity index (χ1v) is 12.8. The summed E-state index contributed by atoms with van der Waals surface area (Å²) in [5, 5.41) is 7.97. The topological polar surface area (TPSA) is 84.3 Å². The van der Waals surface area contributed by atoms with Crippen LogP contribution in [-0.4, -0.2) is 41.5 Å². The lowest BCUT2D eigenvalue weighted by Gasteiger charge is -2.30. The van der Waals surface area contributed by atoms with Gasteiger partial charge >= 0.3 is 0 Å². The van der Waals surface area contributed by atoms with E-state index in [4.69, 9.17) is 11.6 Å². The van der Waals surface area contributed by atoms with Gasteiger partial charge in [-0.2, -0.15) is 9.40 Å². The van der Waals surface area contributed by atoms with Gasteiger partial charge in [0.05, 0.1) is 15.9 Å². The molecule has 1 amide bonds. The Kier molecular flexibility index (Phi) is 6.99. The predicted octanol–water partition coefficient (Wildman–Crippen LogP) is 4.39. The number of halogens is 2. The molecule has 0 bridgehead atoms. The second-order valence-electron chi connectivity index (χ2n) is 7.60. The fraction of sp³-hybridized carbons (Fsp3) is 0.273. The SMILES string of the molecule is O=C(Nc1nn(Cc2ccccc2Cl)cc1Br)C1CCN(S(=O)(=O)c2ccccc2)CC1. The van der Waals surface area contributed by atoms with Crippen LogP contribution in [0.25, 0.3) is 0 Å². The minimum atomic E-state index is -3.54. The number of sulfonamides is 1. The number of anilines is 1. The molecule has 1 aliphatic rings. The molecule has 0 unspecified atom stereocenters. The van der Waals surface area contributed by atoms with Crippen LogP contribution in [0, 0.1) is 5.92 Å². The Hall–Kier alpha value is -2.20. The molecule has 1 aliphatic heterocycles. The van der Waals surface area contributed by atoms with Crippen molar-refractivity contribution in [2.24, 2.45) is 5.92 Å². The van der Waals surface area contributed by atoms with Crippen molar-refractivity contribution in [1.29, 1.82) is 0 Å². The number of nitrogens with one attached hydrogen (secondary N) is 1. The van der Waals surface area contributed by atoms with E-state index < -0.39 is 10.0 Å². The quantitative estimate of drug-likeness (QED) is 0.506. The molecule has 0 saturated carbocycles. The summed E-state index contributed by atoms with van der Waals surface area (Å²) >= 11 is 9.66. The zero-order valence-corrected chi connectivity index (χ0v) is 20.3. The van der Waals surface area contributed by atoms with Gasteiger partial charge in [-0.15, -0.1) is 0 Å². The van der Waals surface area contributed by atoms with E-state index in [1.165, 1.54) is 4.31 Å². The van der Waals surface area contributed by atoms with Crippen LogP contribution in [0.3, 0.4) is 0 Å². The van der Waals surface area contributed by atoms with Crippen LogP contribution in [0.4, 0.5) is 5.82 Å². The van der Waals surface area contributed by atoms with Gasteiger partial charge in [0.2, 0.25) is 15.9 Å². The number of hydrogen-bond donors (Lipinski definition) is 1. The monoisotopic (exact) mass is 536 g/mol. The normalized spacial score (nSPS) is 15.6. The molecule has 168 valence electrons. The molecule has 1 fully saturated rings. The predicted molar refractivity (Wildman–Crippen MR) is 127 cm³/mol. The van der Waals surface area contributed by atoms with Gasteiger partial charge in [-0.25, -0.2) is 8.42 Å². The van der Waals surface area contributed by atoms with Crippen LogP contribution in [0.2, 0.25) is 5.02 Å². The molecular formula is C22H22BrClN4O3S. The lowest BCUT2D eigenvalue weighted by molar-refractivity contribution is -0.120. The molecule has 0 atom stereocenters. The van der Waals surface area contributed by atoms with Crippen LogP contribution in [0.1, 0.15) is 18.4 Å². The summed E-state index contributed by atoms with van der Waals surface area (Å²) in [5.74, 6) is -0.00955. The van der Waals surface area contributed by atoms with Crippen LogP contribution in [0.5, 0.6) is 0 Å². The van der Waals surface area contributed by atoms with Crippen molar-refractivity contribution in [3.8, 4) is 0 Å². The van der Waals surface area contributed by atoms with Crippen molar-refractivity contribution in [1.82, 2.24) is 14.1 Å². The number of rotatable bonds is 6. The molecule has 2 aromatic carbocycles. The molecule has 32 heavy (non-hydrogen) atoms. The summed E-state index contributed by atoms with van der Waals surface area (Å²) in [6.45, 7) is 1.08. The molecule has 1 aromatic heterocycles. The number of benzene rings is 2. The van der Waals surface area contributed by atoms with Crippen LogP contribution in [0.15, 0.2) is 70.2 Å². The highest BCUT2D eigenvalue weighted by Crippen LogP contribution is 2.27. The maximum atomic E-state index is 12.8. The summed E-state index contributed by atoms with van der Waals surface area (Å²) in [7, 11) is -3.54. The van der Waals surface area contributed by atoms with E-state index in [1.807, 2.05) is 24.3 Å². The molecule has 7 nitrogen and oxygen atoms in total. The maximum absolute atomic E-state index is 12.8. The Bertz CT molecular complexity index is 1210. The first-order chi connectivity index (χ1) is 15.3. The Morgan fingerprint density at radius 1 is 1.09 bits per heavy atom. The highest BCUT2D eigenvalue weighted by atomic mass is 79.9. The van der Waals surface area contributed by atoms with Crippen molar-refractivity contribution in [3.05, 3.63) is 75.9 Å².